The molecule has 1 saturated heterocycles. The second-order valence-corrected chi connectivity index (χ2v) is 4.42. The molecule has 2 aliphatic rings. The van der Waals surface area contributed by atoms with Crippen molar-refractivity contribution in [3.8, 4) is 5.75 Å². The Kier molecular flexibility index (Phi) is 3.14. The van der Waals surface area contributed by atoms with Crippen LogP contribution in [-0.2, 0) is 11.3 Å². The van der Waals surface area contributed by atoms with Crippen LogP contribution in [0.1, 0.15) is 5.56 Å². The van der Waals surface area contributed by atoms with E-state index in [1.165, 1.54) is 0 Å². The number of para-hydroxylation sites is 1. The number of hydrogen-bond acceptors (Lipinski definition) is 5. The molecule has 3 rings (SSSR count). The van der Waals surface area contributed by atoms with Crippen molar-refractivity contribution in [1.29, 1.82) is 0 Å². The van der Waals surface area contributed by atoms with E-state index in [1.54, 1.807) is 0 Å². The third-order valence-corrected chi connectivity index (χ3v) is 3.20. The largest absolute Gasteiger partial charge is 0.491 e. The first-order chi connectivity index (χ1) is 8.84. The molecule has 1 atom stereocenters. The number of ether oxygens (including phenoxy) is 1. The number of hydrazine groups is 2. The highest BCUT2D eigenvalue weighted by atomic mass is 16.5. The van der Waals surface area contributed by atoms with E-state index in [9.17, 15) is 4.79 Å². The monoisotopic (exact) mass is 248 g/mol. The van der Waals surface area contributed by atoms with E-state index in [4.69, 9.17) is 4.74 Å². The smallest absolute Gasteiger partial charge is 0.242 e. The molecule has 2 heterocycles. The van der Waals surface area contributed by atoms with Crippen molar-refractivity contribution in [2.45, 2.75) is 12.6 Å². The summed E-state index contributed by atoms with van der Waals surface area (Å²) < 4.78 is 5.65. The zero-order chi connectivity index (χ0) is 12.4. The van der Waals surface area contributed by atoms with E-state index in [1.807, 2.05) is 29.2 Å². The third kappa shape index (κ3) is 2.17. The highest BCUT2D eigenvalue weighted by Gasteiger charge is 2.28. The minimum absolute atomic E-state index is 0.0906. The molecule has 1 aromatic rings. The van der Waals surface area contributed by atoms with Gasteiger partial charge < -0.3 is 9.64 Å². The number of hydrogen-bond donors (Lipinski definition) is 3. The summed E-state index contributed by atoms with van der Waals surface area (Å²) in [4.78, 5) is 14.1. The lowest BCUT2D eigenvalue weighted by Crippen LogP contribution is -2.47. The number of nitrogens with zero attached hydrogens (tertiary/aromatic N) is 1. The van der Waals surface area contributed by atoms with Crippen LogP contribution in [0.5, 0.6) is 5.75 Å². The summed E-state index contributed by atoms with van der Waals surface area (Å²) in [6.45, 7) is 2.35. The summed E-state index contributed by atoms with van der Waals surface area (Å²) in [5.74, 6) is 0.969. The fourth-order valence-corrected chi connectivity index (χ4v) is 2.23. The van der Waals surface area contributed by atoms with Crippen LogP contribution in [0.3, 0.4) is 0 Å². The van der Waals surface area contributed by atoms with Gasteiger partial charge in [0.25, 0.3) is 0 Å². The molecule has 1 fully saturated rings. The molecule has 0 aliphatic carbocycles. The molecular formula is C12H16N4O2. The first kappa shape index (κ1) is 11.5. The Labute approximate surface area is 105 Å². The molecule has 1 aromatic carbocycles. The first-order valence-electron chi connectivity index (χ1n) is 6.07. The lowest BCUT2D eigenvalue weighted by atomic mass is 10.2. The SMILES string of the molecule is O=C(C1CNNN1)N1CCOc2ccccc2C1. The van der Waals surface area contributed by atoms with E-state index in [2.05, 4.69) is 16.4 Å². The number of carbonyl (C=O) groups is 1. The number of nitrogens with one attached hydrogen (secondary N) is 3. The molecule has 0 saturated carbocycles. The van der Waals surface area contributed by atoms with Crippen LogP contribution >= 0.6 is 0 Å². The molecular weight excluding hydrogens is 232 g/mol. The van der Waals surface area contributed by atoms with Gasteiger partial charge in [0.1, 0.15) is 18.4 Å². The second-order valence-electron chi connectivity index (χ2n) is 4.42. The molecule has 1 unspecified atom stereocenters. The van der Waals surface area contributed by atoms with Crippen LogP contribution in [0.4, 0.5) is 0 Å². The lowest BCUT2D eigenvalue weighted by Gasteiger charge is -2.22. The standard InChI is InChI=1S/C12H16N4O2/c17-12(10-7-13-15-14-10)16-5-6-18-11-4-2-1-3-9(11)8-16/h1-4,10,13-15H,5-8H2. The fraction of sp³-hybridized carbons (Fsp3) is 0.417. The van der Waals surface area contributed by atoms with Gasteiger partial charge in [0.05, 0.1) is 6.54 Å². The maximum absolute atomic E-state index is 12.3. The van der Waals surface area contributed by atoms with E-state index < -0.39 is 0 Å². The Balaban J connectivity index is 1.76. The van der Waals surface area contributed by atoms with E-state index in [0.29, 0.717) is 26.2 Å². The van der Waals surface area contributed by atoms with Crippen LogP contribution in [0.15, 0.2) is 24.3 Å². The summed E-state index contributed by atoms with van der Waals surface area (Å²) in [6.07, 6.45) is 0. The van der Waals surface area contributed by atoms with Gasteiger partial charge in [-0.1, -0.05) is 18.2 Å². The first-order valence-corrected chi connectivity index (χ1v) is 6.07. The number of carbonyl (C=O) groups excluding carboxylic acids is 1. The summed E-state index contributed by atoms with van der Waals surface area (Å²) in [7, 11) is 0. The molecule has 96 valence electrons. The van der Waals surface area contributed by atoms with Gasteiger partial charge in [0.15, 0.2) is 0 Å². The van der Waals surface area contributed by atoms with Crippen molar-refractivity contribution in [2.75, 3.05) is 19.7 Å². The highest BCUT2D eigenvalue weighted by molar-refractivity contribution is 5.82. The Morgan fingerprint density at radius 1 is 1.39 bits per heavy atom. The highest BCUT2D eigenvalue weighted by Crippen LogP contribution is 2.22. The summed E-state index contributed by atoms with van der Waals surface area (Å²) in [6, 6.07) is 7.64. The number of benzene rings is 1. The van der Waals surface area contributed by atoms with E-state index in [-0.39, 0.29) is 11.9 Å². The molecule has 6 heteroatoms. The van der Waals surface area contributed by atoms with Gasteiger partial charge >= 0.3 is 0 Å². The zero-order valence-corrected chi connectivity index (χ0v) is 9.98. The van der Waals surface area contributed by atoms with Crippen LogP contribution in [0.2, 0.25) is 0 Å². The van der Waals surface area contributed by atoms with Gasteiger partial charge in [-0.25, -0.2) is 10.9 Å². The van der Waals surface area contributed by atoms with Crippen molar-refractivity contribution in [3.63, 3.8) is 0 Å². The van der Waals surface area contributed by atoms with Gasteiger partial charge in [0, 0.05) is 18.7 Å². The van der Waals surface area contributed by atoms with Crippen LogP contribution < -0.4 is 21.1 Å². The van der Waals surface area contributed by atoms with Crippen molar-refractivity contribution < 1.29 is 9.53 Å². The topological polar surface area (TPSA) is 65.6 Å². The predicted molar refractivity (Wildman–Crippen MR) is 65.4 cm³/mol. The van der Waals surface area contributed by atoms with Crippen molar-refractivity contribution in [2.24, 2.45) is 0 Å². The maximum Gasteiger partial charge on any atom is 0.242 e. The second kappa shape index (κ2) is 4.93. The van der Waals surface area contributed by atoms with Gasteiger partial charge in [0.2, 0.25) is 5.91 Å². The molecule has 2 aliphatic heterocycles. The minimum atomic E-state index is -0.213. The van der Waals surface area contributed by atoms with Crippen molar-refractivity contribution >= 4 is 5.91 Å². The maximum atomic E-state index is 12.3. The molecule has 0 bridgehead atoms. The van der Waals surface area contributed by atoms with E-state index in [0.717, 1.165) is 11.3 Å². The van der Waals surface area contributed by atoms with Gasteiger partial charge in [-0.05, 0) is 6.07 Å². The normalized spacial score (nSPS) is 23.1. The molecule has 0 spiro atoms. The number of amides is 1. The molecule has 6 nitrogen and oxygen atoms in total. The van der Waals surface area contributed by atoms with Crippen molar-refractivity contribution in [1.82, 2.24) is 21.3 Å². The van der Waals surface area contributed by atoms with Crippen LogP contribution in [-0.4, -0.2) is 36.5 Å². The van der Waals surface area contributed by atoms with Crippen molar-refractivity contribution in [3.05, 3.63) is 29.8 Å². The Hall–Kier alpha value is -1.63. The molecule has 0 radical (unpaired) electrons. The molecule has 0 aromatic heterocycles. The Morgan fingerprint density at radius 2 is 2.28 bits per heavy atom. The molecule has 1 amide bonds. The van der Waals surface area contributed by atoms with E-state index >= 15 is 0 Å². The summed E-state index contributed by atoms with van der Waals surface area (Å²) in [5, 5.41) is 0. The third-order valence-electron chi connectivity index (χ3n) is 3.20. The molecule has 18 heavy (non-hydrogen) atoms. The Morgan fingerprint density at radius 3 is 3.11 bits per heavy atom. The quantitative estimate of drug-likeness (QED) is 0.619. The minimum Gasteiger partial charge on any atom is -0.491 e. The summed E-state index contributed by atoms with van der Waals surface area (Å²) >= 11 is 0. The average Bonchev–Trinajstić information content (AvgIpc) is 2.84. The summed E-state index contributed by atoms with van der Waals surface area (Å²) in [5.41, 5.74) is 9.60. The molecule has 3 N–H and O–H groups in total. The van der Waals surface area contributed by atoms with Gasteiger partial charge in [-0.2, -0.15) is 5.53 Å². The van der Waals surface area contributed by atoms with Crippen LogP contribution in [0, 0.1) is 0 Å². The van der Waals surface area contributed by atoms with Gasteiger partial charge in [-0.3, -0.25) is 4.79 Å². The zero-order valence-electron chi connectivity index (χ0n) is 9.98. The number of rotatable bonds is 1. The van der Waals surface area contributed by atoms with Crippen LogP contribution in [0.25, 0.3) is 0 Å². The fourth-order valence-electron chi connectivity index (χ4n) is 2.23. The average molecular weight is 248 g/mol. The predicted octanol–water partition coefficient (Wildman–Crippen LogP) is -0.611. The Bertz CT molecular complexity index is 445. The lowest BCUT2D eigenvalue weighted by molar-refractivity contribution is -0.133. The number of fused-ring (bicyclic) bond motifs is 1. The van der Waals surface area contributed by atoms with Gasteiger partial charge in [-0.15, -0.1) is 0 Å².